The smallest absolute Gasteiger partial charge is 0.339 e. The molecular formula is C18H19NO4S. The molecule has 1 N–H and O–H groups in total. The van der Waals surface area contributed by atoms with Crippen molar-refractivity contribution < 1.29 is 18.5 Å². The molecule has 0 spiro atoms. The van der Waals surface area contributed by atoms with Crippen LogP contribution < -0.4 is 5.32 Å². The Hall–Kier alpha value is -2.47. The average Bonchev–Trinajstić information content (AvgIpc) is 2.61. The maximum absolute atomic E-state index is 12.2. The molecule has 0 unspecified atom stereocenters. The standard InChI is InChI=1S/C18H19NO4S/c1-3-24(22)16-7-5-4-6-15(16)18(21)23-12-17(20)19-14-10-8-13(2)9-11-14/h4-11H,3,12H2,1-2H3,(H,19,20)/t24-/m0/s1. The summed E-state index contributed by atoms with van der Waals surface area (Å²) >= 11 is 0. The van der Waals surface area contributed by atoms with E-state index in [-0.39, 0.29) is 5.56 Å². The molecule has 1 amide bonds. The Kier molecular flexibility index (Phi) is 6.26. The third-order valence-electron chi connectivity index (χ3n) is 3.28. The fourth-order valence-corrected chi connectivity index (χ4v) is 2.97. The average molecular weight is 345 g/mol. The number of benzene rings is 2. The molecule has 126 valence electrons. The number of anilines is 1. The third-order valence-corrected chi connectivity index (χ3v) is 4.66. The van der Waals surface area contributed by atoms with E-state index in [1.54, 1.807) is 43.3 Å². The van der Waals surface area contributed by atoms with E-state index in [9.17, 15) is 13.8 Å². The van der Waals surface area contributed by atoms with E-state index in [4.69, 9.17) is 4.74 Å². The number of carbonyl (C=O) groups is 2. The first-order valence-electron chi connectivity index (χ1n) is 7.52. The SMILES string of the molecule is CC[S@](=O)c1ccccc1C(=O)OCC(=O)Nc1ccc(C)cc1. The van der Waals surface area contributed by atoms with Gasteiger partial charge in [-0.05, 0) is 31.2 Å². The molecule has 24 heavy (non-hydrogen) atoms. The van der Waals surface area contributed by atoms with Gasteiger partial charge >= 0.3 is 5.97 Å². The Morgan fingerprint density at radius 2 is 1.75 bits per heavy atom. The number of aryl methyl sites for hydroxylation is 1. The lowest BCUT2D eigenvalue weighted by Gasteiger charge is -2.09. The quantitative estimate of drug-likeness (QED) is 0.817. The van der Waals surface area contributed by atoms with Crippen LogP contribution in [0.15, 0.2) is 53.4 Å². The normalized spacial score (nSPS) is 11.6. The van der Waals surface area contributed by atoms with Crippen molar-refractivity contribution in [3.8, 4) is 0 Å². The summed E-state index contributed by atoms with van der Waals surface area (Å²) < 4.78 is 17.0. The number of ether oxygens (including phenoxy) is 1. The lowest BCUT2D eigenvalue weighted by molar-refractivity contribution is -0.119. The van der Waals surface area contributed by atoms with Crippen LogP contribution in [-0.4, -0.2) is 28.4 Å². The van der Waals surface area contributed by atoms with Crippen molar-refractivity contribution in [2.24, 2.45) is 0 Å². The molecule has 0 aromatic heterocycles. The van der Waals surface area contributed by atoms with Gasteiger partial charge in [0.1, 0.15) is 0 Å². The zero-order chi connectivity index (χ0) is 17.5. The second-order valence-corrected chi connectivity index (χ2v) is 6.83. The number of amides is 1. The molecule has 6 heteroatoms. The fourth-order valence-electron chi connectivity index (χ4n) is 2.03. The van der Waals surface area contributed by atoms with Gasteiger partial charge in [-0.3, -0.25) is 9.00 Å². The second-order valence-electron chi connectivity index (χ2n) is 5.12. The molecule has 2 aromatic carbocycles. The van der Waals surface area contributed by atoms with E-state index in [1.807, 2.05) is 19.1 Å². The molecule has 0 saturated carbocycles. The van der Waals surface area contributed by atoms with Crippen LogP contribution in [0, 0.1) is 6.92 Å². The fraction of sp³-hybridized carbons (Fsp3) is 0.222. The number of nitrogens with one attached hydrogen (secondary N) is 1. The van der Waals surface area contributed by atoms with Crippen LogP contribution in [0.3, 0.4) is 0 Å². The van der Waals surface area contributed by atoms with E-state index >= 15 is 0 Å². The first kappa shape index (κ1) is 17.9. The topological polar surface area (TPSA) is 72.5 Å². The van der Waals surface area contributed by atoms with Crippen molar-refractivity contribution in [2.45, 2.75) is 18.7 Å². The Balaban J connectivity index is 1.97. The van der Waals surface area contributed by atoms with Gasteiger partial charge in [-0.25, -0.2) is 4.79 Å². The van der Waals surface area contributed by atoms with Crippen molar-refractivity contribution in [1.82, 2.24) is 0 Å². The summed E-state index contributed by atoms with van der Waals surface area (Å²) in [5.41, 5.74) is 1.94. The first-order chi connectivity index (χ1) is 11.5. The highest BCUT2D eigenvalue weighted by Crippen LogP contribution is 2.15. The number of hydrogen-bond acceptors (Lipinski definition) is 4. The minimum Gasteiger partial charge on any atom is -0.452 e. The monoisotopic (exact) mass is 345 g/mol. The van der Waals surface area contributed by atoms with Crippen LogP contribution in [0.1, 0.15) is 22.8 Å². The molecule has 1 atom stereocenters. The van der Waals surface area contributed by atoms with Crippen LogP contribution in [0.5, 0.6) is 0 Å². The van der Waals surface area contributed by atoms with Crippen LogP contribution >= 0.6 is 0 Å². The Morgan fingerprint density at radius 1 is 1.08 bits per heavy atom. The Labute approximate surface area is 143 Å². The van der Waals surface area contributed by atoms with Crippen LogP contribution in [0.4, 0.5) is 5.69 Å². The van der Waals surface area contributed by atoms with Gasteiger partial charge in [0.25, 0.3) is 5.91 Å². The Bertz CT molecular complexity index is 756. The molecule has 0 bridgehead atoms. The molecule has 0 saturated heterocycles. The zero-order valence-electron chi connectivity index (χ0n) is 13.6. The maximum Gasteiger partial charge on any atom is 0.339 e. The highest BCUT2D eigenvalue weighted by atomic mass is 32.2. The lowest BCUT2D eigenvalue weighted by Crippen LogP contribution is -2.21. The van der Waals surface area contributed by atoms with E-state index in [0.29, 0.717) is 16.3 Å². The molecular weight excluding hydrogens is 326 g/mol. The highest BCUT2D eigenvalue weighted by molar-refractivity contribution is 7.85. The first-order valence-corrected chi connectivity index (χ1v) is 8.84. The van der Waals surface area contributed by atoms with Crippen LogP contribution in [0.2, 0.25) is 0 Å². The molecule has 0 heterocycles. The molecule has 0 fully saturated rings. The molecule has 0 aliphatic heterocycles. The summed E-state index contributed by atoms with van der Waals surface area (Å²) in [6.45, 7) is 3.32. The third kappa shape index (κ3) is 4.76. The van der Waals surface area contributed by atoms with Crippen LogP contribution in [0.25, 0.3) is 0 Å². The molecule has 0 aliphatic carbocycles. The largest absolute Gasteiger partial charge is 0.452 e. The highest BCUT2D eigenvalue weighted by Gasteiger charge is 2.17. The van der Waals surface area contributed by atoms with Gasteiger partial charge in [0.15, 0.2) is 6.61 Å². The molecule has 2 aromatic rings. The van der Waals surface area contributed by atoms with Gasteiger partial charge in [-0.1, -0.05) is 36.8 Å². The molecule has 0 radical (unpaired) electrons. The Morgan fingerprint density at radius 3 is 2.42 bits per heavy atom. The van der Waals surface area contributed by atoms with E-state index in [1.165, 1.54) is 0 Å². The number of esters is 1. The molecule has 5 nitrogen and oxygen atoms in total. The molecule has 2 rings (SSSR count). The second kappa shape index (κ2) is 8.40. The predicted molar refractivity (Wildman–Crippen MR) is 93.5 cm³/mol. The summed E-state index contributed by atoms with van der Waals surface area (Å²) in [6, 6.07) is 13.8. The van der Waals surface area contributed by atoms with Crippen molar-refractivity contribution in [1.29, 1.82) is 0 Å². The minimum atomic E-state index is -1.27. The summed E-state index contributed by atoms with van der Waals surface area (Å²) in [7, 11) is -1.27. The van der Waals surface area contributed by atoms with Crippen LogP contribution in [-0.2, 0) is 20.3 Å². The zero-order valence-corrected chi connectivity index (χ0v) is 14.4. The van der Waals surface area contributed by atoms with Gasteiger partial charge in [0, 0.05) is 11.4 Å². The van der Waals surface area contributed by atoms with Crippen molar-refractivity contribution in [3.05, 3.63) is 59.7 Å². The van der Waals surface area contributed by atoms with Gasteiger partial charge in [-0.2, -0.15) is 0 Å². The van der Waals surface area contributed by atoms with Crippen molar-refractivity contribution >= 4 is 28.4 Å². The van der Waals surface area contributed by atoms with Gasteiger partial charge in [-0.15, -0.1) is 0 Å². The summed E-state index contributed by atoms with van der Waals surface area (Å²) in [4.78, 5) is 24.4. The number of rotatable bonds is 6. The van der Waals surface area contributed by atoms with Gasteiger partial charge in [0.2, 0.25) is 0 Å². The lowest BCUT2D eigenvalue weighted by atomic mass is 10.2. The van der Waals surface area contributed by atoms with E-state index in [2.05, 4.69) is 5.32 Å². The van der Waals surface area contributed by atoms with Gasteiger partial charge < -0.3 is 10.1 Å². The maximum atomic E-state index is 12.2. The number of carbonyl (C=O) groups excluding carboxylic acids is 2. The summed E-state index contributed by atoms with van der Waals surface area (Å²) in [6.07, 6.45) is 0. The number of hydrogen-bond donors (Lipinski definition) is 1. The van der Waals surface area contributed by atoms with Gasteiger partial charge in [0.05, 0.1) is 21.3 Å². The van der Waals surface area contributed by atoms with E-state index < -0.39 is 29.3 Å². The minimum absolute atomic E-state index is 0.223. The van der Waals surface area contributed by atoms with E-state index in [0.717, 1.165) is 5.56 Å². The van der Waals surface area contributed by atoms with Crippen molar-refractivity contribution in [2.75, 3.05) is 17.7 Å². The van der Waals surface area contributed by atoms with Crippen molar-refractivity contribution in [3.63, 3.8) is 0 Å². The molecule has 0 aliphatic rings. The summed E-state index contributed by atoms with van der Waals surface area (Å²) in [5, 5.41) is 2.65. The predicted octanol–water partition coefficient (Wildman–Crippen LogP) is 2.92. The summed E-state index contributed by atoms with van der Waals surface area (Å²) in [5.74, 6) is -0.689.